The van der Waals surface area contributed by atoms with Crippen molar-refractivity contribution in [2.45, 2.75) is 71.6 Å². The van der Waals surface area contributed by atoms with E-state index >= 15 is 0 Å². The van der Waals surface area contributed by atoms with E-state index < -0.39 is 36.4 Å². The van der Waals surface area contributed by atoms with Crippen LogP contribution >= 0.6 is 0 Å². The van der Waals surface area contributed by atoms with Crippen LogP contribution in [0.25, 0.3) is 0 Å². The number of fused-ring (bicyclic) bond motifs is 1. The fourth-order valence-electron chi connectivity index (χ4n) is 4.29. The smallest absolute Gasteiger partial charge is 0.412 e. The molecule has 0 saturated heterocycles. The maximum Gasteiger partial charge on any atom is 0.412 e. The number of esters is 1. The third kappa shape index (κ3) is 8.08. The monoisotopic (exact) mass is 516 g/mol. The predicted octanol–water partition coefficient (Wildman–Crippen LogP) is 5.92. The fraction of sp³-hybridized carbons (Fsp3) is 0.464. The molecule has 1 aliphatic heterocycles. The lowest BCUT2D eigenvalue weighted by Crippen LogP contribution is -2.29. The number of nitrogens with one attached hydrogen (secondary N) is 1. The number of hydrogen-bond acceptors (Lipinski definition) is 6. The van der Waals surface area contributed by atoms with Crippen LogP contribution in [0.1, 0.15) is 73.5 Å². The highest BCUT2D eigenvalue weighted by Crippen LogP contribution is 2.30. The van der Waals surface area contributed by atoms with Crippen LogP contribution in [0.2, 0.25) is 0 Å². The lowest BCUT2D eigenvalue weighted by molar-refractivity contribution is -0.145. The minimum Gasteiger partial charge on any atom is -0.466 e. The van der Waals surface area contributed by atoms with E-state index in [0.29, 0.717) is 18.7 Å². The zero-order valence-corrected chi connectivity index (χ0v) is 21.7. The summed E-state index contributed by atoms with van der Waals surface area (Å²) < 4.78 is 36.4. The molecule has 2 aromatic carbocycles. The quantitative estimate of drug-likeness (QED) is 0.312. The molecular formula is C28H34F2N2O5. The molecule has 0 radical (unpaired) electrons. The van der Waals surface area contributed by atoms with Gasteiger partial charge < -0.3 is 9.47 Å². The third-order valence-corrected chi connectivity index (χ3v) is 5.90. The lowest BCUT2D eigenvalue weighted by atomic mass is 9.91. The normalized spacial score (nSPS) is 14.2. The minimum atomic E-state index is -2.58. The summed E-state index contributed by atoms with van der Waals surface area (Å²) in [7, 11) is 0. The Bertz CT molecular complexity index is 1100. The van der Waals surface area contributed by atoms with Crippen molar-refractivity contribution >= 4 is 23.5 Å². The number of carbonyl (C=O) groups excluding carboxylic acids is 3. The van der Waals surface area contributed by atoms with Gasteiger partial charge in [0.1, 0.15) is 5.60 Å². The van der Waals surface area contributed by atoms with Crippen LogP contribution < -0.4 is 5.32 Å². The third-order valence-electron chi connectivity index (χ3n) is 5.90. The number of amides is 1. The molecule has 0 aromatic heterocycles. The maximum absolute atomic E-state index is 13.5. The van der Waals surface area contributed by atoms with Crippen LogP contribution in [-0.2, 0) is 27.4 Å². The Hall–Kier alpha value is -3.33. The molecule has 200 valence electrons. The van der Waals surface area contributed by atoms with E-state index in [1.807, 2.05) is 29.2 Å². The number of rotatable bonds is 10. The molecule has 1 amide bonds. The molecule has 0 fully saturated rings. The van der Waals surface area contributed by atoms with E-state index in [9.17, 15) is 23.2 Å². The van der Waals surface area contributed by atoms with Crippen molar-refractivity contribution in [3.05, 3.63) is 64.7 Å². The average Bonchev–Trinajstić information content (AvgIpc) is 3.21. The fourth-order valence-corrected chi connectivity index (χ4v) is 4.29. The van der Waals surface area contributed by atoms with Crippen molar-refractivity contribution in [3.8, 4) is 0 Å². The standard InChI is InChI=1S/C28H34F2N2O5/c1-5-36-26(34)21(11-13-25(29)30)18-10-12-23(31-27(35)37-28(2,3)4)22(14-18)24(33)17-32-15-19-8-6-7-9-20(19)16-32/h6-10,12,14,21,25H,5,11,13,15-17H2,1-4H3,(H,31,35). The number of hydrogen-bond donors (Lipinski definition) is 1. The van der Waals surface area contributed by atoms with Gasteiger partial charge in [0.2, 0.25) is 6.43 Å². The van der Waals surface area contributed by atoms with E-state index in [4.69, 9.17) is 9.47 Å². The second-order valence-electron chi connectivity index (χ2n) is 10.0. The van der Waals surface area contributed by atoms with Gasteiger partial charge in [-0.3, -0.25) is 19.8 Å². The molecule has 0 bridgehead atoms. The first-order chi connectivity index (χ1) is 17.5. The Kier molecular flexibility index (Phi) is 9.37. The highest BCUT2D eigenvalue weighted by atomic mass is 19.3. The number of anilines is 1. The van der Waals surface area contributed by atoms with Crippen LogP contribution in [0.5, 0.6) is 0 Å². The molecule has 7 nitrogen and oxygen atoms in total. The Labute approximate surface area is 216 Å². The van der Waals surface area contributed by atoms with Crippen molar-refractivity contribution in [2.75, 3.05) is 18.5 Å². The van der Waals surface area contributed by atoms with Crippen molar-refractivity contribution in [3.63, 3.8) is 0 Å². The van der Waals surface area contributed by atoms with Gasteiger partial charge in [0.15, 0.2) is 5.78 Å². The molecule has 1 heterocycles. The number of halogens is 2. The number of Topliss-reactive ketones (excluding diaryl/α,β-unsaturated/α-hetero) is 1. The number of ketones is 1. The number of carbonyl (C=O) groups is 3. The van der Waals surface area contributed by atoms with Gasteiger partial charge in [-0.1, -0.05) is 30.3 Å². The lowest BCUT2D eigenvalue weighted by Gasteiger charge is -2.22. The highest BCUT2D eigenvalue weighted by molar-refractivity contribution is 6.05. The summed E-state index contributed by atoms with van der Waals surface area (Å²) in [5.41, 5.74) is 2.31. The van der Waals surface area contributed by atoms with E-state index in [2.05, 4.69) is 5.32 Å². The van der Waals surface area contributed by atoms with Gasteiger partial charge in [-0.05, 0) is 62.9 Å². The molecule has 1 atom stereocenters. The molecule has 37 heavy (non-hydrogen) atoms. The molecule has 0 aliphatic carbocycles. The van der Waals surface area contributed by atoms with E-state index in [0.717, 1.165) is 11.1 Å². The Morgan fingerprint density at radius 2 is 1.68 bits per heavy atom. The molecule has 0 saturated carbocycles. The Morgan fingerprint density at radius 1 is 1.03 bits per heavy atom. The molecule has 1 unspecified atom stereocenters. The first kappa shape index (κ1) is 28.2. The Balaban J connectivity index is 1.91. The van der Waals surface area contributed by atoms with Crippen molar-refractivity contribution < 1.29 is 32.6 Å². The zero-order valence-electron chi connectivity index (χ0n) is 21.7. The van der Waals surface area contributed by atoms with E-state index in [1.54, 1.807) is 33.8 Å². The van der Waals surface area contributed by atoms with Gasteiger partial charge >= 0.3 is 12.1 Å². The summed E-state index contributed by atoms with van der Waals surface area (Å²) in [6, 6.07) is 12.5. The molecule has 0 spiro atoms. The number of nitrogens with zero attached hydrogens (tertiary/aromatic N) is 1. The first-order valence-electron chi connectivity index (χ1n) is 12.4. The van der Waals surface area contributed by atoms with Crippen molar-refractivity contribution in [1.82, 2.24) is 4.90 Å². The highest BCUT2D eigenvalue weighted by Gasteiger charge is 2.28. The van der Waals surface area contributed by atoms with Gasteiger partial charge in [-0.25, -0.2) is 13.6 Å². The molecule has 3 rings (SSSR count). The van der Waals surface area contributed by atoms with Crippen LogP contribution in [0.15, 0.2) is 42.5 Å². The van der Waals surface area contributed by atoms with Gasteiger partial charge in [-0.15, -0.1) is 0 Å². The van der Waals surface area contributed by atoms with E-state index in [-0.39, 0.29) is 36.6 Å². The van der Waals surface area contributed by atoms with Crippen LogP contribution in [0.3, 0.4) is 0 Å². The van der Waals surface area contributed by atoms with Crippen LogP contribution in [0, 0.1) is 0 Å². The second-order valence-corrected chi connectivity index (χ2v) is 10.0. The summed E-state index contributed by atoms with van der Waals surface area (Å²) in [6.45, 7) is 8.19. The van der Waals surface area contributed by atoms with E-state index in [1.165, 1.54) is 12.1 Å². The molecule has 2 aromatic rings. The van der Waals surface area contributed by atoms with Gasteiger partial charge in [0.25, 0.3) is 0 Å². The average molecular weight is 517 g/mol. The maximum atomic E-state index is 13.5. The second kappa shape index (κ2) is 12.3. The summed E-state index contributed by atoms with van der Waals surface area (Å²) >= 11 is 0. The first-order valence-corrected chi connectivity index (χ1v) is 12.4. The summed E-state index contributed by atoms with van der Waals surface area (Å²) in [6.07, 6.45) is -3.94. The molecule has 1 aliphatic rings. The number of ether oxygens (including phenoxy) is 2. The van der Waals surface area contributed by atoms with Crippen LogP contribution in [0.4, 0.5) is 19.3 Å². The summed E-state index contributed by atoms with van der Waals surface area (Å²) in [5.74, 6) is -1.88. The number of alkyl halides is 2. The largest absolute Gasteiger partial charge is 0.466 e. The predicted molar refractivity (Wildman–Crippen MR) is 136 cm³/mol. The Morgan fingerprint density at radius 3 is 2.24 bits per heavy atom. The molecule has 1 N–H and O–H groups in total. The zero-order chi connectivity index (χ0) is 27.2. The van der Waals surface area contributed by atoms with Crippen molar-refractivity contribution in [1.29, 1.82) is 0 Å². The molecular weight excluding hydrogens is 482 g/mol. The van der Waals surface area contributed by atoms with Gasteiger partial charge in [0.05, 0.1) is 24.8 Å². The SMILES string of the molecule is CCOC(=O)C(CCC(F)F)c1ccc(NC(=O)OC(C)(C)C)c(C(=O)CN2Cc3ccccc3C2)c1. The molecule has 9 heteroatoms. The minimum absolute atomic E-state index is 0.0717. The van der Waals surface area contributed by atoms with Gasteiger partial charge in [0, 0.05) is 25.1 Å². The van der Waals surface area contributed by atoms with Crippen molar-refractivity contribution in [2.24, 2.45) is 0 Å². The number of benzene rings is 2. The summed E-state index contributed by atoms with van der Waals surface area (Å²) in [4.78, 5) is 40.6. The topological polar surface area (TPSA) is 84.9 Å². The summed E-state index contributed by atoms with van der Waals surface area (Å²) in [5, 5.41) is 2.62. The van der Waals surface area contributed by atoms with Gasteiger partial charge in [-0.2, -0.15) is 0 Å². The van der Waals surface area contributed by atoms with Crippen LogP contribution in [-0.4, -0.2) is 47.9 Å².